The van der Waals surface area contributed by atoms with Crippen molar-refractivity contribution < 1.29 is 24.0 Å². The van der Waals surface area contributed by atoms with E-state index in [1.807, 2.05) is 0 Å². The molecule has 0 atom stereocenters. The summed E-state index contributed by atoms with van der Waals surface area (Å²) < 4.78 is 10.6. The summed E-state index contributed by atoms with van der Waals surface area (Å²) in [5.74, 6) is 6.00. The number of carbonyl (C=O) groups is 2. The van der Waals surface area contributed by atoms with Crippen molar-refractivity contribution in [2.45, 2.75) is 78.4 Å². The van der Waals surface area contributed by atoms with Gasteiger partial charge in [0.2, 0.25) is 0 Å². The van der Waals surface area contributed by atoms with Crippen molar-refractivity contribution in [3.05, 3.63) is 39.9 Å². The zero-order valence-corrected chi connectivity index (χ0v) is 19.2. The number of hydrogen-bond donors (Lipinski definition) is 0. The SMILES string of the molecule is CC(C)(C)OC(=O)N(CCCCCC#Cc1ccc([N+](=O)[O-])cc1)C(=O)OC(C)(C)C. The van der Waals surface area contributed by atoms with Crippen LogP contribution in [0.1, 0.15) is 72.8 Å². The molecule has 0 aromatic heterocycles. The molecule has 1 aromatic carbocycles. The van der Waals surface area contributed by atoms with Crippen molar-refractivity contribution in [3.63, 3.8) is 0 Å². The Hall–Kier alpha value is -3.08. The predicted molar refractivity (Wildman–Crippen MR) is 118 cm³/mol. The van der Waals surface area contributed by atoms with Crippen molar-refractivity contribution in [2.24, 2.45) is 0 Å². The van der Waals surface area contributed by atoms with Crippen LogP contribution in [0.2, 0.25) is 0 Å². The van der Waals surface area contributed by atoms with Crippen molar-refractivity contribution in [1.82, 2.24) is 4.90 Å². The van der Waals surface area contributed by atoms with Crippen LogP contribution < -0.4 is 0 Å². The first-order valence-electron chi connectivity index (χ1n) is 10.3. The second kappa shape index (κ2) is 11.3. The van der Waals surface area contributed by atoms with Gasteiger partial charge < -0.3 is 9.47 Å². The Morgan fingerprint density at radius 1 is 0.935 bits per heavy atom. The van der Waals surface area contributed by atoms with E-state index in [1.165, 1.54) is 12.1 Å². The van der Waals surface area contributed by atoms with E-state index in [-0.39, 0.29) is 12.2 Å². The van der Waals surface area contributed by atoms with Crippen LogP contribution in [0.3, 0.4) is 0 Å². The highest BCUT2D eigenvalue weighted by atomic mass is 16.6. The first-order chi connectivity index (χ1) is 14.3. The third-order valence-electron chi connectivity index (χ3n) is 3.72. The van der Waals surface area contributed by atoms with Crippen LogP contribution in [-0.2, 0) is 9.47 Å². The predicted octanol–water partition coefficient (Wildman–Crippen LogP) is 5.68. The number of nitrogens with zero attached hydrogens (tertiary/aromatic N) is 2. The maximum absolute atomic E-state index is 12.4. The highest BCUT2D eigenvalue weighted by molar-refractivity contribution is 5.88. The summed E-state index contributed by atoms with van der Waals surface area (Å²) in [6.45, 7) is 10.6. The number of nitro groups is 1. The van der Waals surface area contributed by atoms with Crippen molar-refractivity contribution in [2.75, 3.05) is 6.54 Å². The second-order valence-electron chi connectivity index (χ2n) is 9.03. The van der Waals surface area contributed by atoms with Crippen LogP contribution in [0.25, 0.3) is 0 Å². The summed E-state index contributed by atoms with van der Waals surface area (Å²) in [5, 5.41) is 10.6. The van der Waals surface area contributed by atoms with E-state index in [1.54, 1.807) is 53.7 Å². The second-order valence-corrected chi connectivity index (χ2v) is 9.03. The molecule has 1 aromatic rings. The molecule has 0 heterocycles. The van der Waals surface area contributed by atoms with Crippen LogP contribution in [0.15, 0.2) is 24.3 Å². The molecule has 0 saturated carbocycles. The monoisotopic (exact) mass is 432 g/mol. The Kier molecular flexibility index (Phi) is 9.50. The number of rotatable bonds is 6. The van der Waals surface area contributed by atoms with Crippen LogP contribution in [0.4, 0.5) is 15.3 Å². The Morgan fingerprint density at radius 3 is 1.90 bits per heavy atom. The number of imide groups is 1. The van der Waals surface area contributed by atoms with Crippen molar-refractivity contribution in [1.29, 1.82) is 0 Å². The fourth-order valence-electron chi connectivity index (χ4n) is 2.38. The summed E-state index contributed by atoms with van der Waals surface area (Å²) in [4.78, 5) is 36.0. The third kappa shape index (κ3) is 11.0. The van der Waals surface area contributed by atoms with E-state index in [2.05, 4.69) is 11.8 Å². The molecule has 8 nitrogen and oxygen atoms in total. The van der Waals surface area contributed by atoms with Gasteiger partial charge in [-0.1, -0.05) is 18.3 Å². The van der Waals surface area contributed by atoms with Gasteiger partial charge in [-0.25, -0.2) is 14.5 Å². The number of unbranched alkanes of at least 4 members (excludes halogenated alkanes) is 3. The molecule has 0 bridgehead atoms. The maximum atomic E-state index is 12.4. The van der Waals surface area contributed by atoms with E-state index in [4.69, 9.17) is 9.47 Å². The summed E-state index contributed by atoms with van der Waals surface area (Å²) in [7, 11) is 0. The van der Waals surface area contributed by atoms with E-state index in [0.29, 0.717) is 18.4 Å². The van der Waals surface area contributed by atoms with E-state index in [9.17, 15) is 19.7 Å². The lowest BCUT2D eigenvalue weighted by molar-refractivity contribution is -0.384. The molecule has 0 aliphatic carbocycles. The molecule has 0 spiro atoms. The molecule has 0 aliphatic heterocycles. The van der Waals surface area contributed by atoms with Gasteiger partial charge in [-0.2, -0.15) is 0 Å². The normalized spacial score (nSPS) is 11.2. The van der Waals surface area contributed by atoms with Crippen LogP contribution in [0.5, 0.6) is 0 Å². The van der Waals surface area contributed by atoms with Crippen molar-refractivity contribution in [3.8, 4) is 11.8 Å². The molecule has 2 amide bonds. The van der Waals surface area contributed by atoms with Gasteiger partial charge in [0.25, 0.3) is 5.69 Å². The van der Waals surface area contributed by atoms with Crippen molar-refractivity contribution >= 4 is 17.9 Å². The topological polar surface area (TPSA) is 99.0 Å². The average Bonchev–Trinajstić information content (AvgIpc) is 2.61. The lowest BCUT2D eigenvalue weighted by Gasteiger charge is -2.28. The molecule has 0 fully saturated rings. The molecule has 170 valence electrons. The molecule has 0 aliphatic rings. The van der Waals surface area contributed by atoms with E-state index in [0.717, 1.165) is 17.7 Å². The van der Waals surface area contributed by atoms with Gasteiger partial charge >= 0.3 is 12.2 Å². The van der Waals surface area contributed by atoms with Crippen LogP contribution >= 0.6 is 0 Å². The number of benzene rings is 1. The number of ether oxygens (including phenoxy) is 2. The van der Waals surface area contributed by atoms with E-state index < -0.39 is 28.3 Å². The summed E-state index contributed by atoms with van der Waals surface area (Å²) >= 11 is 0. The Balaban J connectivity index is 2.53. The Morgan fingerprint density at radius 2 is 1.45 bits per heavy atom. The summed E-state index contributed by atoms with van der Waals surface area (Å²) in [5.41, 5.74) is -0.688. The minimum Gasteiger partial charge on any atom is -0.443 e. The molecule has 0 saturated heterocycles. The molecule has 31 heavy (non-hydrogen) atoms. The number of nitro benzene ring substituents is 1. The largest absolute Gasteiger partial charge is 0.443 e. The smallest absolute Gasteiger partial charge is 0.419 e. The van der Waals surface area contributed by atoms with Crippen LogP contribution in [-0.4, -0.2) is 39.8 Å². The number of amides is 2. The highest BCUT2D eigenvalue weighted by Gasteiger charge is 2.30. The van der Waals surface area contributed by atoms with Gasteiger partial charge in [-0.05, 0) is 66.5 Å². The van der Waals surface area contributed by atoms with Gasteiger partial charge in [0, 0.05) is 30.7 Å². The fraction of sp³-hybridized carbons (Fsp3) is 0.565. The standard InChI is InChI=1S/C23H32N2O6/c1-22(2,3)30-20(26)24(21(27)31-23(4,5)6)17-11-9-7-8-10-12-18-13-15-19(16-14-18)25(28)29/h13-16H,7-9,11,17H2,1-6H3. The molecule has 0 N–H and O–H groups in total. The third-order valence-corrected chi connectivity index (χ3v) is 3.72. The summed E-state index contributed by atoms with van der Waals surface area (Å²) in [6.07, 6.45) is 1.33. The quantitative estimate of drug-likeness (QED) is 0.248. The minimum atomic E-state index is -0.722. The van der Waals surface area contributed by atoms with Crippen LogP contribution in [0, 0.1) is 22.0 Å². The number of non-ortho nitro benzene ring substituents is 1. The molecular formula is C23H32N2O6. The first kappa shape index (κ1) is 26.0. The average molecular weight is 433 g/mol. The molecule has 1 rings (SSSR count). The molecular weight excluding hydrogens is 400 g/mol. The number of carbonyl (C=O) groups excluding carboxylic acids is 2. The molecule has 0 radical (unpaired) electrons. The van der Waals surface area contributed by atoms with Gasteiger partial charge in [-0.15, -0.1) is 0 Å². The highest BCUT2D eigenvalue weighted by Crippen LogP contribution is 2.16. The Labute approximate surface area is 184 Å². The fourth-order valence-corrected chi connectivity index (χ4v) is 2.38. The van der Waals surface area contributed by atoms with Gasteiger partial charge in [0.15, 0.2) is 0 Å². The van der Waals surface area contributed by atoms with Gasteiger partial charge in [-0.3, -0.25) is 10.1 Å². The maximum Gasteiger partial charge on any atom is 0.419 e. The molecule has 0 unspecified atom stereocenters. The minimum absolute atomic E-state index is 0.0325. The first-order valence-corrected chi connectivity index (χ1v) is 10.3. The zero-order chi connectivity index (χ0) is 23.7. The van der Waals surface area contributed by atoms with E-state index >= 15 is 0 Å². The summed E-state index contributed by atoms with van der Waals surface area (Å²) in [6, 6.07) is 6.08. The van der Waals surface area contributed by atoms with Gasteiger partial charge in [0.05, 0.1) is 4.92 Å². The van der Waals surface area contributed by atoms with Gasteiger partial charge in [0.1, 0.15) is 11.2 Å². The zero-order valence-electron chi connectivity index (χ0n) is 19.2. The molecule has 8 heteroatoms. The lowest BCUT2D eigenvalue weighted by atomic mass is 10.1. The number of hydrogen-bond acceptors (Lipinski definition) is 6. The lowest BCUT2D eigenvalue weighted by Crippen LogP contribution is -2.44. The Bertz CT molecular complexity index is 795.